The molecule has 298 valence electrons. The molecule has 55 heavy (non-hydrogen) atoms. The van der Waals surface area contributed by atoms with E-state index in [-0.39, 0.29) is 31.8 Å². The molecular formula is C40H54N6O9. The predicted molar refractivity (Wildman–Crippen MR) is 203 cm³/mol. The van der Waals surface area contributed by atoms with E-state index in [0.717, 1.165) is 36.0 Å². The normalized spacial score (nSPS) is 15.2. The summed E-state index contributed by atoms with van der Waals surface area (Å²) in [6.07, 6.45) is 4.01. The van der Waals surface area contributed by atoms with Crippen molar-refractivity contribution in [3.8, 4) is 5.75 Å². The van der Waals surface area contributed by atoms with Crippen LogP contribution in [0.1, 0.15) is 81.7 Å². The highest BCUT2D eigenvalue weighted by atomic mass is 16.6. The third-order valence-corrected chi connectivity index (χ3v) is 8.84. The number of hydrogen-bond donors (Lipinski definition) is 3. The van der Waals surface area contributed by atoms with Gasteiger partial charge < -0.3 is 39.8 Å². The van der Waals surface area contributed by atoms with Crippen LogP contribution in [0.2, 0.25) is 0 Å². The van der Waals surface area contributed by atoms with E-state index in [4.69, 9.17) is 18.9 Å². The monoisotopic (exact) mass is 762 g/mol. The fourth-order valence-corrected chi connectivity index (χ4v) is 5.98. The molecule has 1 aliphatic rings. The molecule has 0 aliphatic carbocycles. The van der Waals surface area contributed by atoms with Gasteiger partial charge in [0.15, 0.2) is 0 Å². The molecule has 1 aromatic heterocycles. The Morgan fingerprint density at radius 2 is 1.76 bits per heavy atom. The first-order valence-corrected chi connectivity index (χ1v) is 18.6. The Hall–Kier alpha value is -5.60. The molecule has 1 saturated heterocycles. The Morgan fingerprint density at radius 3 is 2.45 bits per heavy atom. The molecule has 2 heterocycles. The largest absolute Gasteiger partial charge is 0.494 e. The van der Waals surface area contributed by atoms with Gasteiger partial charge in [-0.2, -0.15) is 5.10 Å². The van der Waals surface area contributed by atoms with Gasteiger partial charge in [0.25, 0.3) is 0 Å². The summed E-state index contributed by atoms with van der Waals surface area (Å²) in [6, 6.07) is 12.0. The maximum absolute atomic E-state index is 13.8. The number of piperidine rings is 1. The summed E-state index contributed by atoms with van der Waals surface area (Å²) in [7, 11) is 1.67. The maximum atomic E-state index is 13.8. The average molecular weight is 763 g/mol. The molecule has 3 unspecified atom stereocenters. The number of nitrogens with zero attached hydrogens (tertiary/aromatic N) is 3. The number of alkyl carbamates (subject to hydrolysis) is 1. The summed E-state index contributed by atoms with van der Waals surface area (Å²) in [5, 5.41) is 12.2. The average Bonchev–Trinajstić information content (AvgIpc) is 3.58. The molecule has 2 aromatic carbocycles. The molecule has 3 atom stereocenters. The third kappa shape index (κ3) is 14.0. The molecule has 4 amide bonds. The maximum Gasteiger partial charge on any atom is 0.410 e. The Labute approximate surface area is 322 Å². The molecule has 3 N–H and O–H groups in total. The number of likely N-dealkylation sites (tertiary alicyclic amines) is 1. The Bertz CT molecular complexity index is 1760. The molecule has 0 radical (unpaired) electrons. The standard InChI is InChI=1S/C40H54N6O9/c1-7-52-34(47)21-33(43-38(50)54-26-29-12-9-8-10-13-29)36(48)44-35(31-23-42-45(6)25-31)37(49)41-22-30-20-32(16-15-27(30)2)53-19-17-28-14-11-18-46(24-28)39(51)55-40(3,4)5/h8-10,12-13,15-16,20,23,25,28,33,35H,7,11,14,17-19,21-22,24,26H2,1-6H3,(H,41,49)(H,43,50)(H,44,48). The Kier molecular flexibility index (Phi) is 15.5. The number of esters is 1. The summed E-state index contributed by atoms with van der Waals surface area (Å²) >= 11 is 0. The molecule has 4 rings (SSSR count). The van der Waals surface area contributed by atoms with Crippen LogP contribution in [0.15, 0.2) is 60.9 Å². The summed E-state index contributed by atoms with van der Waals surface area (Å²) in [4.78, 5) is 66.9. The highest BCUT2D eigenvalue weighted by molar-refractivity contribution is 5.94. The number of hydrogen-bond acceptors (Lipinski definition) is 10. The van der Waals surface area contributed by atoms with Crippen LogP contribution in [0, 0.1) is 12.8 Å². The molecular weight excluding hydrogens is 708 g/mol. The number of aromatic nitrogens is 2. The number of ether oxygens (including phenoxy) is 4. The molecule has 1 aliphatic heterocycles. The Morgan fingerprint density at radius 1 is 1.00 bits per heavy atom. The zero-order valence-corrected chi connectivity index (χ0v) is 32.6. The zero-order chi connectivity index (χ0) is 40.0. The highest BCUT2D eigenvalue weighted by Gasteiger charge is 2.31. The fraction of sp³-hybridized carbons (Fsp3) is 0.500. The number of rotatable bonds is 16. The van der Waals surface area contributed by atoms with Crippen LogP contribution in [0.3, 0.4) is 0 Å². The summed E-state index contributed by atoms with van der Waals surface area (Å²) in [5.74, 6) is -1.13. The number of carbonyl (C=O) groups is 5. The number of nitrogens with one attached hydrogen (secondary N) is 3. The molecule has 15 nitrogen and oxygen atoms in total. The summed E-state index contributed by atoms with van der Waals surface area (Å²) in [6.45, 7) is 11.0. The van der Waals surface area contributed by atoms with Crippen molar-refractivity contribution in [1.29, 1.82) is 0 Å². The van der Waals surface area contributed by atoms with Crippen molar-refractivity contribution in [3.05, 3.63) is 83.2 Å². The zero-order valence-electron chi connectivity index (χ0n) is 32.6. The minimum absolute atomic E-state index is 0.0537. The topological polar surface area (TPSA) is 179 Å². The van der Waals surface area contributed by atoms with Crippen LogP contribution in [-0.2, 0) is 48.8 Å². The molecule has 0 saturated carbocycles. The third-order valence-electron chi connectivity index (χ3n) is 8.84. The smallest absolute Gasteiger partial charge is 0.410 e. The predicted octanol–water partition coefficient (Wildman–Crippen LogP) is 4.87. The second-order valence-electron chi connectivity index (χ2n) is 14.5. The van der Waals surface area contributed by atoms with Gasteiger partial charge in [-0.1, -0.05) is 36.4 Å². The van der Waals surface area contributed by atoms with Crippen LogP contribution in [0.5, 0.6) is 5.75 Å². The molecule has 3 aromatic rings. The molecule has 0 bridgehead atoms. The first-order chi connectivity index (χ1) is 26.2. The highest BCUT2D eigenvalue weighted by Crippen LogP contribution is 2.24. The van der Waals surface area contributed by atoms with Gasteiger partial charge in [0.05, 0.1) is 25.8 Å². The first-order valence-electron chi connectivity index (χ1n) is 18.6. The lowest BCUT2D eigenvalue weighted by Crippen LogP contribution is -2.51. The van der Waals surface area contributed by atoms with Crippen LogP contribution in [-0.4, -0.2) is 82.6 Å². The van der Waals surface area contributed by atoms with E-state index in [1.807, 2.05) is 52.0 Å². The van der Waals surface area contributed by atoms with Gasteiger partial charge in [-0.3, -0.25) is 19.1 Å². The molecule has 15 heteroatoms. The lowest BCUT2D eigenvalue weighted by atomic mass is 9.95. The van der Waals surface area contributed by atoms with Gasteiger partial charge in [0, 0.05) is 38.4 Å². The van der Waals surface area contributed by atoms with E-state index < -0.39 is 48.0 Å². The lowest BCUT2D eigenvalue weighted by molar-refractivity contribution is -0.145. The second kappa shape index (κ2) is 20.2. The number of carbonyl (C=O) groups excluding carboxylic acids is 5. The number of benzene rings is 2. The summed E-state index contributed by atoms with van der Waals surface area (Å²) < 4.78 is 23.5. The first kappa shape index (κ1) is 42.1. The molecule has 1 fully saturated rings. The number of aryl methyl sites for hydroxylation is 2. The Balaban J connectivity index is 1.37. The van der Waals surface area contributed by atoms with Crippen molar-refractivity contribution >= 4 is 30.0 Å². The van der Waals surface area contributed by atoms with Gasteiger partial charge in [0.2, 0.25) is 11.8 Å². The van der Waals surface area contributed by atoms with E-state index in [9.17, 15) is 24.0 Å². The van der Waals surface area contributed by atoms with Crippen molar-refractivity contribution in [2.45, 2.75) is 91.1 Å². The van der Waals surface area contributed by atoms with Crippen LogP contribution in [0.25, 0.3) is 0 Å². The van der Waals surface area contributed by atoms with Gasteiger partial charge in [-0.05, 0) is 88.6 Å². The van der Waals surface area contributed by atoms with Crippen molar-refractivity contribution < 1.29 is 42.9 Å². The van der Waals surface area contributed by atoms with E-state index in [2.05, 4.69) is 21.0 Å². The fourth-order valence-electron chi connectivity index (χ4n) is 5.98. The second-order valence-corrected chi connectivity index (χ2v) is 14.5. The van der Waals surface area contributed by atoms with Gasteiger partial charge >= 0.3 is 18.2 Å². The van der Waals surface area contributed by atoms with E-state index in [0.29, 0.717) is 31.0 Å². The van der Waals surface area contributed by atoms with Crippen molar-refractivity contribution in [2.75, 3.05) is 26.3 Å². The SMILES string of the molecule is CCOC(=O)CC(NC(=O)OCc1ccccc1)C(=O)NC(C(=O)NCc1cc(OCCC2CCCN(C(=O)OC(C)(C)C)C2)ccc1C)c1cnn(C)c1. The minimum atomic E-state index is -1.40. The van der Waals surface area contributed by atoms with Crippen molar-refractivity contribution in [3.63, 3.8) is 0 Å². The minimum Gasteiger partial charge on any atom is -0.494 e. The quantitative estimate of drug-likeness (QED) is 0.135. The van der Waals surface area contributed by atoms with Gasteiger partial charge in [0.1, 0.15) is 30.0 Å². The van der Waals surface area contributed by atoms with Gasteiger partial charge in [-0.25, -0.2) is 9.59 Å². The van der Waals surface area contributed by atoms with E-state index in [1.54, 1.807) is 49.3 Å². The van der Waals surface area contributed by atoms with Crippen molar-refractivity contribution in [2.24, 2.45) is 13.0 Å². The van der Waals surface area contributed by atoms with Crippen LogP contribution < -0.4 is 20.7 Å². The van der Waals surface area contributed by atoms with Crippen molar-refractivity contribution in [1.82, 2.24) is 30.6 Å². The van der Waals surface area contributed by atoms with Gasteiger partial charge in [-0.15, -0.1) is 0 Å². The van der Waals surface area contributed by atoms with E-state index >= 15 is 0 Å². The lowest BCUT2D eigenvalue weighted by Gasteiger charge is -2.34. The number of amides is 4. The van der Waals surface area contributed by atoms with E-state index in [1.165, 1.54) is 10.9 Å². The van der Waals surface area contributed by atoms with Crippen LogP contribution >= 0.6 is 0 Å². The van der Waals surface area contributed by atoms with Crippen LogP contribution in [0.4, 0.5) is 9.59 Å². The molecule has 0 spiro atoms. The summed E-state index contributed by atoms with van der Waals surface area (Å²) in [5.41, 5.74) is 2.30.